The summed E-state index contributed by atoms with van der Waals surface area (Å²) < 4.78 is 47.2. The molecule has 1 amide bonds. The summed E-state index contributed by atoms with van der Waals surface area (Å²) in [6.07, 6.45) is -4.64. The first-order valence-corrected chi connectivity index (χ1v) is 11.1. The third-order valence-corrected chi connectivity index (χ3v) is 5.80. The number of halogens is 3. The van der Waals surface area contributed by atoms with Crippen molar-refractivity contribution < 1.29 is 18.0 Å². The molecule has 1 aromatic carbocycles. The molecule has 3 rings (SSSR count). The molecule has 0 aliphatic carbocycles. The molecule has 3 N–H and O–H groups in total. The highest BCUT2D eigenvalue weighted by Crippen LogP contribution is 2.35. The van der Waals surface area contributed by atoms with Gasteiger partial charge in [-0.25, -0.2) is 9.71 Å². The van der Waals surface area contributed by atoms with Crippen LogP contribution in [0.25, 0.3) is 0 Å². The number of nitrogens with one attached hydrogen (secondary N) is 3. The van der Waals surface area contributed by atoms with Gasteiger partial charge in [-0.05, 0) is 29.8 Å². The number of piperazine rings is 1. The van der Waals surface area contributed by atoms with Crippen molar-refractivity contribution in [3.8, 4) is 0 Å². The molecule has 1 aliphatic heterocycles. The molecule has 11 heteroatoms. The van der Waals surface area contributed by atoms with Crippen molar-refractivity contribution >= 4 is 29.4 Å². The summed E-state index contributed by atoms with van der Waals surface area (Å²) >= 11 is 1.42. The predicted octanol–water partition coefficient (Wildman–Crippen LogP) is 3.37. The summed E-state index contributed by atoms with van der Waals surface area (Å²) in [5.74, 6) is -0.646. The van der Waals surface area contributed by atoms with Crippen LogP contribution in [0.1, 0.15) is 28.7 Å². The lowest BCUT2D eigenvalue weighted by molar-refractivity contribution is -0.140. The molecular weight excluding hydrogens is 441 g/mol. The van der Waals surface area contributed by atoms with Crippen LogP contribution in [0, 0.1) is 0 Å². The van der Waals surface area contributed by atoms with Gasteiger partial charge in [0.2, 0.25) is 0 Å². The summed E-state index contributed by atoms with van der Waals surface area (Å²) in [6, 6.07) is 10.8. The Morgan fingerprint density at radius 3 is 2.56 bits per heavy atom. The molecule has 2 aromatic rings. The third kappa shape index (κ3) is 6.27. The Morgan fingerprint density at radius 2 is 1.91 bits per heavy atom. The Hall–Kier alpha value is -2.50. The second-order valence-corrected chi connectivity index (χ2v) is 8.00. The monoisotopic (exact) mass is 468 g/mol. The molecule has 0 saturated carbocycles. The number of alkyl halides is 3. The molecule has 1 aliphatic rings. The molecule has 7 nitrogen and oxygen atoms in total. The molecule has 32 heavy (non-hydrogen) atoms. The zero-order valence-corrected chi connectivity index (χ0v) is 18.8. The summed E-state index contributed by atoms with van der Waals surface area (Å²) in [6.45, 7) is 5.72. The van der Waals surface area contributed by atoms with Crippen molar-refractivity contribution in [1.29, 1.82) is 0 Å². The van der Waals surface area contributed by atoms with Gasteiger partial charge in [-0.1, -0.05) is 19.1 Å². The normalized spacial score (nSPS) is 15.0. The van der Waals surface area contributed by atoms with Crippen molar-refractivity contribution in [3.05, 3.63) is 53.3 Å². The Morgan fingerprint density at radius 1 is 1.16 bits per heavy atom. The number of hydrogen-bond acceptors (Lipinski definition) is 7. The predicted molar refractivity (Wildman–Crippen MR) is 121 cm³/mol. The van der Waals surface area contributed by atoms with E-state index in [0.29, 0.717) is 26.2 Å². The van der Waals surface area contributed by atoms with E-state index in [1.54, 1.807) is 4.90 Å². The lowest BCUT2D eigenvalue weighted by Crippen LogP contribution is -2.46. The fraction of sp³-hybridized carbons (Fsp3) is 0.429. The number of nitrogens with zero attached hydrogens (tertiary/aromatic N) is 3. The number of aromatic nitrogens is 1. The Bertz CT molecular complexity index is 919. The average molecular weight is 469 g/mol. The standard InChI is InChI=1S/C21H27F3N6OS/c1-3-26-32-28-16-6-4-5-15(13-16)14-29-9-11-30(12-10-29)18-8-7-17(20(31)25-2)27-19(18)21(22,23)24/h4-8,13,26,28H,3,9-12,14H2,1-2H3,(H,25,31). The minimum absolute atomic E-state index is 0.0106. The van der Waals surface area contributed by atoms with Crippen LogP contribution in [0.4, 0.5) is 24.5 Å². The molecule has 0 unspecified atom stereocenters. The highest BCUT2D eigenvalue weighted by Gasteiger charge is 2.38. The Balaban J connectivity index is 1.65. The van der Waals surface area contributed by atoms with Crippen molar-refractivity contribution in [2.75, 3.05) is 49.4 Å². The van der Waals surface area contributed by atoms with Crippen molar-refractivity contribution in [2.24, 2.45) is 0 Å². The van der Waals surface area contributed by atoms with Crippen molar-refractivity contribution in [1.82, 2.24) is 19.9 Å². The Kier molecular flexibility index (Phi) is 8.21. The van der Waals surface area contributed by atoms with Crippen LogP contribution in [0.3, 0.4) is 0 Å². The van der Waals surface area contributed by atoms with Crippen LogP contribution in [-0.2, 0) is 12.7 Å². The molecule has 1 fully saturated rings. The third-order valence-electron chi connectivity index (χ3n) is 5.03. The molecule has 0 atom stereocenters. The molecule has 1 aromatic heterocycles. The van der Waals surface area contributed by atoms with Gasteiger partial charge in [0.1, 0.15) is 5.69 Å². The van der Waals surface area contributed by atoms with Gasteiger partial charge in [0.05, 0.1) is 5.69 Å². The SMILES string of the molecule is CCNSNc1cccc(CN2CCN(c3ccc(C(=O)NC)nc3C(F)(F)F)CC2)c1. The summed E-state index contributed by atoms with van der Waals surface area (Å²) in [5, 5.41) is 2.31. The maximum Gasteiger partial charge on any atom is 0.435 e. The average Bonchev–Trinajstić information content (AvgIpc) is 2.78. The summed E-state index contributed by atoms with van der Waals surface area (Å²) in [5.41, 5.74) is 0.862. The zero-order valence-electron chi connectivity index (χ0n) is 18.0. The molecule has 0 spiro atoms. The first-order valence-electron chi connectivity index (χ1n) is 10.3. The molecule has 0 bridgehead atoms. The van der Waals surface area contributed by atoms with Crippen LogP contribution in [0.5, 0.6) is 0 Å². The molecular formula is C21H27F3N6OS. The highest BCUT2D eigenvalue weighted by molar-refractivity contribution is 7.98. The molecule has 0 radical (unpaired) electrons. The van der Waals surface area contributed by atoms with Gasteiger partial charge in [0.15, 0.2) is 5.69 Å². The van der Waals surface area contributed by atoms with Gasteiger partial charge >= 0.3 is 6.18 Å². The van der Waals surface area contributed by atoms with Crippen LogP contribution in [0.15, 0.2) is 36.4 Å². The van der Waals surface area contributed by atoms with E-state index in [1.165, 1.54) is 31.3 Å². The van der Waals surface area contributed by atoms with E-state index in [0.717, 1.165) is 24.3 Å². The lowest BCUT2D eigenvalue weighted by atomic mass is 10.1. The number of pyridine rings is 1. The van der Waals surface area contributed by atoms with Crippen molar-refractivity contribution in [3.63, 3.8) is 0 Å². The summed E-state index contributed by atoms with van der Waals surface area (Å²) in [4.78, 5) is 19.2. The lowest BCUT2D eigenvalue weighted by Gasteiger charge is -2.37. The largest absolute Gasteiger partial charge is 0.435 e. The number of anilines is 2. The van der Waals surface area contributed by atoms with E-state index < -0.39 is 17.8 Å². The topological polar surface area (TPSA) is 72.5 Å². The number of amides is 1. The minimum atomic E-state index is -4.64. The second kappa shape index (κ2) is 10.9. The van der Waals surface area contributed by atoms with Gasteiger partial charge in [0.25, 0.3) is 5.91 Å². The van der Waals surface area contributed by atoms with Crippen LogP contribution < -0.4 is 19.7 Å². The van der Waals surface area contributed by atoms with Crippen molar-refractivity contribution in [2.45, 2.75) is 19.6 Å². The van der Waals surface area contributed by atoms with E-state index >= 15 is 0 Å². The quantitative estimate of drug-likeness (QED) is 0.405. The van der Waals surface area contributed by atoms with Crippen LogP contribution in [0.2, 0.25) is 0 Å². The fourth-order valence-electron chi connectivity index (χ4n) is 3.48. The van der Waals surface area contributed by atoms with Crippen LogP contribution >= 0.6 is 12.1 Å². The fourth-order valence-corrected chi connectivity index (χ4v) is 3.94. The molecule has 1 saturated heterocycles. The van der Waals surface area contributed by atoms with Crippen LogP contribution in [-0.4, -0.2) is 55.6 Å². The second-order valence-electron chi connectivity index (χ2n) is 7.31. The van der Waals surface area contributed by atoms with Gasteiger partial charge in [0, 0.05) is 64.1 Å². The first kappa shape index (κ1) is 24.1. The zero-order chi connectivity index (χ0) is 23.1. The smallest absolute Gasteiger partial charge is 0.367 e. The van der Waals surface area contributed by atoms with E-state index in [1.807, 2.05) is 25.1 Å². The maximum atomic E-state index is 13.6. The number of rotatable bonds is 8. The first-order chi connectivity index (χ1) is 15.3. The number of carbonyl (C=O) groups excluding carboxylic acids is 1. The maximum absolute atomic E-state index is 13.6. The highest BCUT2D eigenvalue weighted by atomic mass is 32.2. The number of carbonyl (C=O) groups is 1. The molecule has 174 valence electrons. The van der Waals surface area contributed by atoms with Gasteiger partial charge < -0.3 is 14.9 Å². The van der Waals surface area contributed by atoms with Gasteiger partial charge in [-0.2, -0.15) is 13.2 Å². The number of benzene rings is 1. The van der Waals surface area contributed by atoms with E-state index in [9.17, 15) is 18.0 Å². The van der Waals surface area contributed by atoms with Gasteiger partial charge in [-0.3, -0.25) is 9.69 Å². The van der Waals surface area contributed by atoms with E-state index in [-0.39, 0.29) is 11.4 Å². The minimum Gasteiger partial charge on any atom is -0.367 e. The number of hydrogen-bond donors (Lipinski definition) is 3. The molecule has 2 heterocycles. The van der Waals surface area contributed by atoms with E-state index in [4.69, 9.17) is 0 Å². The van der Waals surface area contributed by atoms with E-state index in [2.05, 4.69) is 30.7 Å². The van der Waals surface area contributed by atoms with Gasteiger partial charge in [-0.15, -0.1) is 0 Å². The summed E-state index contributed by atoms with van der Waals surface area (Å²) in [7, 11) is 1.36. The Labute approximate surface area is 190 Å².